The van der Waals surface area contributed by atoms with E-state index < -0.39 is 0 Å². The van der Waals surface area contributed by atoms with Gasteiger partial charge in [-0.3, -0.25) is 9.89 Å². The lowest BCUT2D eigenvalue weighted by Crippen LogP contribution is -2.21. The molecule has 0 aliphatic heterocycles. The number of aromatic nitrogens is 2. The zero-order valence-electron chi connectivity index (χ0n) is 16.2. The molecule has 144 valence electrons. The first-order valence-electron chi connectivity index (χ1n) is 9.31. The smallest absolute Gasteiger partial charge is 0.280 e. The van der Waals surface area contributed by atoms with Crippen LogP contribution in [0, 0.1) is 13.8 Å². The van der Waals surface area contributed by atoms with Crippen molar-refractivity contribution in [3.8, 4) is 5.69 Å². The standard InChI is InChI=1S/C24H20ClN3O/c1-16-8-14-21(15-9-16)28-24(29)22(17(2)27-28)23(18-6-4-3-5-7-18)26-20-12-10-19(25)11-13-20/h3-15,27H,1-2H3. The molecule has 0 bridgehead atoms. The molecule has 0 radical (unpaired) electrons. The molecule has 1 aromatic heterocycles. The van der Waals surface area contributed by atoms with E-state index in [9.17, 15) is 4.79 Å². The SMILES string of the molecule is Cc1ccc(-n2[nH]c(C)c(C(=Nc3ccc(Cl)cc3)c3ccccc3)c2=O)cc1. The lowest BCUT2D eigenvalue weighted by molar-refractivity contribution is 0.835. The Labute approximate surface area is 174 Å². The highest BCUT2D eigenvalue weighted by molar-refractivity contribution is 6.30. The highest BCUT2D eigenvalue weighted by Crippen LogP contribution is 2.21. The third-order valence-corrected chi connectivity index (χ3v) is 4.97. The van der Waals surface area contributed by atoms with Crippen LogP contribution < -0.4 is 5.56 Å². The molecule has 0 aliphatic rings. The molecule has 0 unspecified atom stereocenters. The van der Waals surface area contributed by atoms with Crippen LogP contribution in [0.15, 0.2) is 88.6 Å². The van der Waals surface area contributed by atoms with Gasteiger partial charge in [-0.1, -0.05) is 59.6 Å². The first-order valence-corrected chi connectivity index (χ1v) is 9.69. The summed E-state index contributed by atoms with van der Waals surface area (Å²) in [6, 6.07) is 24.8. The van der Waals surface area contributed by atoms with Crippen LogP contribution in [0.1, 0.15) is 22.4 Å². The van der Waals surface area contributed by atoms with E-state index in [1.54, 1.807) is 16.8 Å². The zero-order valence-corrected chi connectivity index (χ0v) is 16.9. The Kier molecular flexibility index (Phi) is 5.19. The Morgan fingerprint density at radius 1 is 0.897 bits per heavy atom. The van der Waals surface area contributed by atoms with Crippen molar-refractivity contribution in [1.82, 2.24) is 9.78 Å². The van der Waals surface area contributed by atoms with E-state index in [-0.39, 0.29) is 5.56 Å². The van der Waals surface area contributed by atoms with Crippen molar-refractivity contribution < 1.29 is 0 Å². The molecular formula is C24H20ClN3O. The summed E-state index contributed by atoms with van der Waals surface area (Å²) in [4.78, 5) is 18.2. The Bertz CT molecular complexity index is 1220. The molecule has 0 saturated carbocycles. The second-order valence-electron chi connectivity index (χ2n) is 6.89. The van der Waals surface area contributed by atoms with Gasteiger partial charge in [0.2, 0.25) is 0 Å². The average molecular weight is 402 g/mol. The molecule has 0 spiro atoms. The van der Waals surface area contributed by atoms with Crippen LogP contribution in [-0.2, 0) is 0 Å². The summed E-state index contributed by atoms with van der Waals surface area (Å²) in [5.41, 5.74) is 5.32. The Morgan fingerprint density at radius 3 is 2.21 bits per heavy atom. The number of aryl methyl sites for hydroxylation is 2. The molecule has 0 amide bonds. The Balaban J connectivity index is 1.91. The number of nitrogens with one attached hydrogen (secondary N) is 1. The van der Waals surface area contributed by atoms with Crippen molar-refractivity contribution in [3.05, 3.63) is 117 Å². The molecule has 0 aliphatic carbocycles. The first kappa shape index (κ1) is 19.0. The van der Waals surface area contributed by atoms with Crippen molar-refractivity contribution in [2.75, 3.05) is 0 Å². The number of nitrogens with zero attached hydrogens (tertiary/aromatic N) is 2. The predicted molar refractivity (Wildman–Crippen MR) is 119 cm³/mol. The van der Waals surface area contributed by atoms with Crippen LogP contribution in [0.2, 0.25) is 5.02 Å². The molecule has 0 fully saturated rings. The molecule has 29 heavy (non-hydrogen) atoms. The minimum absolute atomic E-state index is 0.136. The quantitative estimate of drug-likeness (QED) is 0.444. The van der Waals surface area contributed by atoms with Crippen LogP contribution in [0.25, 0.3) is 5.69 Å². The summed E-state index contributed by atoms with van der Waals surface area (Å²) >= 11 is 6.01. The van der Waals surface area contributed by atoms with Crippen molar-refractivity contribution in [2.24, 2.45) is 4.99 Å². The second kappa shape index (κ2) is 7.94. The maximum Gasteiger partial charge on any atom is 0.280 e. The van der Waals surface area contributed by atoms with E-state index in [4.69, 9.17) is 16.6 Å². The zero-order chi connectivity index (χ0) is 20.4. The van der Waals surface area contributed by atoms with Gasteiger partial charge in [0.1, 0.15) is 0 Å². The monoisotopic (exact) mass is 401 g/mol. The molecule has 4 aromatic rings. The van der Waals surface area contributed by atoms with Crippen LogP contribution in [-0.4, -0.2) is 15.5 Å². The summed E-state index contributed by atoms with van der Waals surface area (Å²) in [7, 11) is 0. The number of hydrogen-bond acceptors (Lipinski definition) is 2. The number of H-pyrrole nitrogens is 1. The minimum Gasteiger partial charge on any atom is -0.295 e. The van der Waals surface area contributed by atoms with Crippen molar-refractivity contribution >= 4 is 23.0 Å². The topological polar surface area (TPSA) is 50.1 Å². The van der Waals surface area contributed by atoms with Gasteiger partial charge in [0.25, 0.3) is 5.56 Å². The molecule has 5 heteroatoms. The number of hydrogen-bond donors (Lipinski definition) is 1. The number of aliphatic imine (C=N–C) groups is 1. The molecule has 1 N–H and O–H groups in total. The van der Waals surface area contributed by atoms with Crippen molar-refractivity contribution in [2.45, 2.75) is 13.8 Å². The number of rotatable bonds is 4. The molecule has 0 atom stereocenters. The fourth-order valence-electron chi connectivity index (χ4n) is 3.21. The molecular weight excluding hydrogens is 382 g/mol. The summed E-state index contributed by atoms with van der Waals surface area (Å²) < 4.78 is 1.56. The van der Waals surface area contributed by atoms with Gasteiger partial charge in [0.05, 0.1) is 22.6 Å². The largest absolute Gasteiger partial charge is 0.295 e. The van der Waals surface area contributed by atoms with Crippen LogP contribution in [0.3, 0.4) is 0 Å². The van der Waals surface area contributed by atoms with Crippen molar-refractivity contribution in [1.29, 1.82) is 0 Å². The summed E-state index contributed by atoms with van der Waals surface area (Å²) in [6.07, 6.45) is 0. The van der Waals surface area contributed by atoms with Gasteiger partial charge >= 0.3 is 0 Å². The number of benzene rings is 3. The summed E-state index contributed by atoms with van der Waals surface area (Å²) in [6.45, 7) is 3.91. The fourth-order valence-corrected chi connectivity index (χ4v) is 3.33. The van der Waals surface area contributed by atoms with E-state index in [0.29, 0.717) is 16.3 Å². The van der Waals surface area contributed by atoms with E-state index in [2.05, 4.69) is 5.10 Å². The molecule has 3 aromatic carbocycles. The summed E-state index contributed by atoms with van der Waals surface area (Å²) in [5.74, 6) is 0. The van der Waals surface area contributed by atoms with Gasteiger partial charge in [-0.05, 0) is 50.2 Å². The van der Waals surface area contributed by atoms with Crippen molar-refractivity contribution in [3.63, 3.8) is 0 Å². The maximum absolute atomic E-state index is 13.4. The summed E-state index contributed by atoms with van der Waals surface area (Å²) in [5, 5.41) is 3.84. The minimum atomic E-state index is -0.136. The van der Waals surface area contributed by atoms with Gasteiger partial charge < -0.3 is 0 Å². The molecule has 4 nitrogen and oxygen atoms in total. The average Bonchev–Trinajstić information content (AvgIpc) is 3.03. The Morgan fingerprint density at radius 2 is 1.55 bits per heavy atom. The van der Waals surface area contributed by atoms with Crippen LogP contribution in [0.5, 0.6) is 0 Å². The number of halogens is 1. The van der Waals surface area contributed by atoms with Crippen LogP contribution in [0.4, 0.5) is 5.69 Å². The third kappa shape index (κ3) is 3.93. The normalized spacial score (nSPS) is 11.6. The first-order chi connectivity index (χ1) is 14.0. The second-order valence-corrected chi connectivity index (χ2v) is 7.33. The maximum atomic E-state index is 13.4. The Hall–Kier alpha value is -3.37. The van der Waals surface area contributed by atoms with E-state index in [1.807, 2.05) is 80.6 Å². The third-order valence-electron chi connectivity index (χ3n) is 4.72. The molecule has 1 heterocycles. The molecule has 0 saturated heterocycles. The van der Waals surface area contributed by atoms with Crippen LogP contribution >= 0.6 is 11.6 Å². The molecule has 4 rings (SSSR count). The van der Waals surface area contributed by atoms with Gasteiger partial charge in [0.15, 0.2) is 0 Å². The lowest BCUT2D eigenvalue weighted by Gasteiger charge is -2.06. The lowest BCUT2D eigenvalue weighted by atomic mass is 10.0. The van der Waals surface area contributed by atoms with Gasteiger partial charge in [-0.25, -0.2) is 9.67 Å². The van der Waals surface area contributed by atoms with E-state index in [0.717, 1.165) is 28.2 Å². The van der Waals surface area contributed by atoms with E-state index in [1.165, 1.54) is 0 Å². The number of aromatic amines is 1. The van der Waals surface area contributed by atoms with Gasteiger partial charge in [-0.15, -0.1) is 0 Å². The highest BCUT2D eigenvalue weighted by atomic mass is 35.5. The predicted octanol–water partition coefficient (Wildman–Crippen LogP) is 5.60. The van der Waals surface area contributed by atoms with E-state index >= 15 is 0 Å². The van der Waals surface area contributed by atoms with Gasteiger partial charge in [0, 0.05) is 16.3 Å². The highest BCUT2D eigenvalue weighted by Gasteiger charge is 2.19. The van der Waals surface area contributed by atoms with Gasteiger partial charge in [-0.2, -0.15) is 0 Å². The fraction of sp³-hybridized carbons (Fsp3) is 0.0833.